The lowest BCUT2D eigenvalue weighted by Gasteiger charge is -2.35. The minimum atomic E-state index is 0.0195. The molecular weight excluding hydrogens is 242 g/mol. The van der Waals surface area contributed by atoms with E-state index in [9.17, 15) is 4.79 Å². The maximum atomic E-state index is 12.6. The van der Waals surface area contributed by atoms with Gasteiger partial charge < -0.3 is 15.0 Å². The van der Waals surface area contributed by atoms with E-state index in [1.807, 2.05) is 31.7 Å². The molecule has 0 aliphatic carbocycles. The zero-order valence-electron chi connectivity index (χ0n) is 11.7. The quantitative estimate of drug-likeness (QED) is 0.903. The van der Waals surface area contributed by atoms with Crippen molar-refractivity contribution in [1.82, 2.24) is 9.88 Å². The molecular formula is C14H21N3O2. The molecule has 2 atom stereocenters. The van der Waals surface area contributed by atoms with Gasteiger partial charge in [-0.05, 0) is 26.8 Å². The first kappa shape index (κ1) is 13.8. The van der Waals surface area contributed by atoms with Crippen LogP contribution in [0.5, 0.6) is 0 Å². The van der Waals surface area contributed by atoms with Crippen molar-refractivity contribution in [1.29, 1.82) is 0 Å². The Kier molecular flexibility index (Phi) is 4.37. The zero-order chi connectivity index (χ0) is 13.8. The average Bonchev–Trinajstić information content (AvgIpc) is 2.38. The van der Waals surface area contributed by atoms with Crippen molar-refractivity contribution in [2.45, 2.75) is 33.0 Å². The zero-order valence-corrected chi connectivity index (χ0v) is 11.7. The van der Waals surface area contributed by atoms with Gasteiger partial charge in [-0.15, -0.1) is 0 Å². The van der Waals surface area contributed by atoms with Crippen LogP contribution < -0.4 is 5.32 Å². The lowest BCUT2D eigenvalue weighted by molar-refractivity contribution is -0.0586. The summed E-state index contributed by atoms with van der Waals surface area (Å²) in [5, 5.41) is 3.20. The number of pyridine rings is 1. The van der Waals surface area contributed by atoms with Crippen molar-refractivity contribution < 1.29 is 9.53 Å². The Morgan fingerprint density at radius 1 is 1.47 bits per heavy atom. The summed E-state index contributed by atoms with van der Waals surface area (Å²) in [5.41, 5.74) is 1.47. The first-order valence-electron chi connectivity index (χ1n) is 6.74. The molecule has 1 fully saturated rings. The number of rotatable bonds is 3. The van der Waals surface area contributed by atoms with Crippen LogP contribution in [0.4, 0.5) is 5.69 Å². The Morgan fingerprint density at radius 3 is 2.79 bits per heavy atom. The molecule has 2 unspecified atom stereocenters. The van der Waals surface area contributed by atoms with Gasteiger partial charge in [-0.2, -0.15) is 0 Å². The largest absolute Gasteiger partial charge is 0.385 e. The lowest BCUT2D eigenvalue weighted by atomic mass is 10.1. The summed E-state index contributed by atoms with van der Waals surface area (Å²) in [4.78, 5) is 18.5. The monoisotopic (exact) mass is 263 g/mol. The molecule has 0 aromatic carbocycles. The van der Waals surface area contributed by atoms with Crippen LogP contribution in [-0.2, 0) is 4.74 Å². The predicted octanol–water partition coefficient (Wildman–Crippen LogP) is 1.76. The Balaban J connectivity index is 2.19. The molecule has 2 heterocycles. The van der Waals surface area contributed by atoms with Gasteiger partial charge in [0.1, 0.15) is 0 Å². The molecule has 0 radical (unpaired) electrons. The number of ether oxygens (including phenoxy) is 1. The summed E-state index contributed by atoms with van der Waals surface area (Å²) >= 11 is 0. The molecule has 1 aliphatic heterocycles. The summed E-state index contributed by atoms with van der Waals surface area (Å²) in [6.07, 6.45) is 3.48. The second kappa shape index (κ2) is 6.02. The number of carbonyl (C=O) groups is 1. The molecule has 1 N–H and O–H groups in total. The van der Waals surface area contributed by atoms with Crippen LogP contribution >= 0.6 is 0 Å². The number of nitrogens with one attached hydrogen (secondary N) is 1. The molecule has 1 aromatic rings. The number of aromatic nitrogens is 1. The van der Waals surface area contributed by atoms with Crippen LogP contribution in [0.15, 0.2) is 18.5 Å². The van der Waals surface area contributed by atoms with E-state index < -0.39 is 0 Å². The van der Waals surface area contributed by atoms with Crippen molar-refractivity contribution in [3.8, 4) is 0 Å². The first-order valence-corrected chi connectivity index (χ1v) is 6.74. The van der Waals surface area contributed by atoms with Crippen LogP contribution in [0.3, 0.4) is 0 Å². The highest BCUT2D eigenvalue weighted by molar-refractivity contribution is 5.99. The SMILES string of the molecule is CCNc1ccncc1C(=O)N1CC(C)OC(C)C1. The van der Waals surface area contributed by atoms with Crippen molar-refractivity contribution in [2.75, 3.05) is 25.0 Å². The summed E-state index contributed by atoms with van der Waals surface area (Å²) in [6, 6.07) is 1.84. The lowest BCUT2D eigenvalue weighted by Crippen LogP contribution is -2.48. The molecule has 1 aromatic heterocycles. The van der Waals surface area contributed by atoms with Crippen LogP contribution in [-0.4, -0.2) is 47.6 Å². The maximum Gasteiger partial charge on any atom is 0.257 e. The predicted molar refractivity (Wildman–Crippen MR) is 74.3 cm³/mol. The Morgan fingerprint density at radius 2 is 2.16 bits per heavy atom. The average molecular weight is 263 g/mol. The molecule has 1 amide bonds. The van der Waals surface area contributed by atoms with Crippen molar-refractivity contribution in [3.63, 3.8) is 0 Å². The normalized spacial score (nSPS) is 23.2. The Labute approximate surface area is 114 Å². The Hall–Kier alpha value is -1.62. The van der Waals surface area contributed by atoms with Crippen molar-refractivity contribution in [3.05, 3.63) is 24.0 Å². The third kappa shape index (κ3) is 3.23. The van der Waals surface area contributed by atoms with E-state index in [1.54, 1.807) is 12.4 Å². The van der Waals surface area contributed by atoms with E-state index in [0.717, 1.165) is 12.2 Å². The summed E-state index contributed by atoms with van der Waals surface area (Å²) in [6.45, 7) is 8.02. The molecule has 0 spiro atoms. The number of morpholine rings is 1. The van der Waals surface area contributed by atoms with Gasteiger partial charge in [-0.25, -0.2) is 0 Å². The van der Waals surface area contributed by atoms with Crippen LogP contribution in [0.25, 0.3) is 0 Å². The molecule has 1 aliphatic rings. The van der Waals surface area contributed by atoms with E-state index in [4.69, 9.17) is 4.74 Å². The summed E-state index contributed by atoms with van der Waals surface area (Å²) < 4.78 is 5.66. The fourth-order valence-electron chi connectivity index (χ4n) is 2.42. The van der Waals surface area contributed by atoms with Crippen LogP contribution in [0.1, 0.15) is 31.1 Å². The molecule has 2 rings (SSSR count). The van der Waals surface area contributed by atoms with E-state index in [-0.39, 0.29) is 18.1 Å². The smallest absolute Gasteiger partial charge is 0.257 e. The number of nitrogens with zero attached hydrogens (tertiary/aromatic N) is 2. The molecule has 104 valence electrons. The highest BCUT2D eigenvalue weighted by Crippen LogP contribution is 2.19. The molecule has 0 bridgehead atoms. The highest BCUT2D eigenvalue weighted by atomic mass is 16.5. The number of hydrogen-bond acceptors (Lipinski definition) is 4. The van der Waals surface area contributed by atoms with E-state index in [0.29, 0.717) is 18.7 Å². The Bertz CT molecular complexity index is 440. The van der Waals surface area contributed by atoms with Crippen LogP contribution in [0.2, 0.25) is 0 Å². The van der Waals surface area contributed by atoms with Gasteiger partial charge in [0, 0.05) is 32.0 Å². The second-order valence-electron chi connectivity index (χ2n) is 4.92. The molecule has 5 heteroatoms. The van der Waals surface area contributed by atoms with Crippen LogP contribution in [0, 0.1) is 0 Å². The fraction of sp³-hybridized carbons (Fsp3) is 0.571. The standard InChI is InChI=1S/C14H21N3O2/c1-4-16-13-5-6-15-7-12(13)14(18)17-8-10(2)19-11(3)9-17/h5-7,10-11H,4,8-9H2,1-3H3,(H,15,16). The number of hydrogen-bond donors (Lipinski definition) is 1. The number of carbonyl (C=O) groups excluding carboxylic acids is 1. The van der Waals surface area contributed by atoms with Gasteiger partial charge in [-0.3, -0.25) is 9.78 Å². The van der Waals surface area contributed by atoms with Gasteiger partial charge in [0.25, 0.3) is 5.91 Å². The second-order valence-corrected chi connectivity index (χ2v) is 4.92. The topological polar surface area (TPSA) is 54.5 Å². The number of amides is 1. The minimum Gasteiger partial charge on any atom is -0.385 e. The number of anilines is 1. The van der Waals surface area contributed by atoms with Gasteiger partial charge in [-0.1, -0.05) is 0 Å². The van der Waals surface area contributed by atoms with Crippen molar-refractivity contribution in [2.24, 2.45) is 0 Å². The maximum absolute atomic E-state index is 12.6. The van der Waals surface area contributed by atoms with E-state index in [1.165, 1.54) is 0 Å². The van der Waals surface area contributed by atoms with Gasteiger partial charge in [0.2, 0.25) is 0 Å². The summed E-state index contributed by atoms with van der Waals surface area (Å²) in [5.74, 6) is 0.0195. The minimum absolute atomic E-state index is 0.0195. The molecule has 5 nitrogen and oxygen atoms in total. The van der Waals surface area contributed by atoms with Gasteiger partial charge >= 0.3 is 0 Å². The van der Waals surface area contributed by atoms with Gasteiger partial charge in [0.15, 0.2) is 0 Å². The van der Waals surface area contributed by atoms with Gasteiger partial charge in [0.05, 0.1) is 23.5 Å². The molecule has 0 saturated carbocycles. The molecule has 19 heavy (non-hydrogen) atoms. The third-order valence-corrected chi connectivity index (χ3v) is 3.13. The van der Waals surface area contributed by atoms with E-state index >= 15 is 0 Å². The first-order chi connectivity index (χ1) is 9.11. The fourth-order valence-corrected chi connectivity index (χ4v) is 2.42. The summed E-state index contributed by atoms with van der Waals surface area (Å²) in [7, 11) is 0. The third-order valence-electron chi connectivity index (χ3n) is 3.13. The molecule has 1 saturated heterocycles. The van der Waals surface area contributed by atoms with Crippen molar-refractivity contribution >= 4 is 11.6 Å². The van der Waals surface area contributed by atoms with E-state index in [2.05, 4.69) is 10.3 Å². The highest BCUT2D eigenvalue weighted by Gasteiger charge is 2.27.